The summed E-state index contributed by atoms with van der Waals surface area (Å²) in [5.74, 6) is -1.12. The third kappa shape index (κ3) is 2.52. The van der Waals surface area contributed by atoms with Crippen LogP contribution in [0.4, 0.5) is 5.95 Å². The lowest BCUT2D eigenvalue weighted by molar-refractivity contribution is -0.396. The van der Waals surface area contributed by atoms with Crippen molar-refractivity contribution in [1.82, 2.24) is 14.5 Å². The summed E-state index contributed by atoms with van der Waals surface area (Å²) in [6.07, 6.45) is 2.45. The number of aromatic nitrogens is 2. The van der Waals surface area contributed by atoms with Crippen molar-refractivity contribution in [3.05, 3.63) is 22.5 Å². The number of nitro groups is 1. The largest absolute Gasteiger partial charge is 0.435 e. The van der Waals surface area contributed by atoms with Gasteiger partial charge in [-0.15, -0.1) is 0 Å². The molecule has 9 nitrogen and oxygen atoms in total. The van der Waals surface area contributed by atoms with Crippen LogP contribution in [0, 0.1) is 10.1 Å². The van der Waals surface area contributed by atoms with Crippen LogP contribution in [0.15, 0.2) is 12.4 Å². The molecule has 1 amide bonds. The Labute approximate surface area is 89.7 Å². The van der Waals surface area contributed by atoms with Crippen LogP contribution in [0.25, 0.3) is 0 Å². The van der Waals surface area contributed by atoms with Crippen molar-refractivity contribution in [2.24, 2.45) is 0 Å². The molecule has 9 heteroatoms. The van der Waals surface area contributed by atoms with Gasteiger partial charge in [0.1, 0.15) is 25.9 Å². The number of hydrogen-bond acceptors (Lipinski definition) is 6. The molecule has 0 radical (unpaired) electrons. The molecule has 1 aromatic rings. The van der Waals surface area contributed by atoms with Crippen LogP contribution in [0.5, 0.6) is 0 Å². The molecule has 0 unspecified atom stereocenters. The normalized spacial score (nSPS) is 10.1. The molecule has 0 saturated carbocycles. The average Bonchev–Trinajstić information content (AvgIpc) is 2.67. The number of hydrogen-bond donors (Lipinski definition) is 2. The fourth-order valence-corrected chi connectivity index (χ4v) is 1.04. The Bertz CT molecular complexity index is 386. The van der Waals surface area contributed by atoms with E-state index in [9.17, 15) is 14.9 Å². The zero-order valence-electron chi connectivity index (χ0n) is 8.18. The highest BCUT2D eigenvalue weighted by Gasteiger charge is 2.19. The fourth-order valence-electron chi connectivity index (χ4n) is 1.04. The molecule has 0 saturated heterocycles. The van der Waals surface area contributed by atoms with E-state index in [-0.39, 0.29) is 6.54 Å². The van der Waals surface area contributed by atoms with Gasteiger partial charge in [-0.1, -0.05) is 4.98 Å². The number of nitrogens with zero attached hydrogens (tertiary/aromatic N) is 4. The summed E-state index contributed by atoms with van der Waals surface area (Å²) in [4.78, 5) is 25.3. The maximum Gasteiger partial charge on any atom is 0.435 e. The minimum absolute atomic E-state index is 0.364. The summed E-state index contributed by atoms with van der Waals surface area (Å²) < 4.78 is 1.01. The molecule has 88 valence electrons. The van der Waals surface area contributed by atoms with Gasteiger partial charge in [-0.3, -0.25) is 9.69 Å². The van der Waals surface area contributed by atoms with Crippen LogP contribution in [-0.4, -0.2) is 49.0 Å². The summed E-state index contributed by atoms with van der Waals surface area (Å²) in [5, 5.41) is 27.9. The van der Waals surface area contributed by atoms with Crippen molar-refractivity contribution in [3.8, 4) is 0 Å². The molecule has 2 N–H and O–H groups in total. The average molecular weight is 230 g/mol. The highest BCUT2D eigenvalue weighted by Crippen LogP contribution is 2.07. The standard InChI is InChI=1S/C7H10N4O5/c12-4-10(5-13)6(14)3-9-2-1-8-7(9)11(15)16/h1-2,12-13H,3-5H2. The van der Waals surface area contributed by atoms with Gasteiger partial charge < -0.3 is 20.3 Å². The van der Waals surface area contributed by atoms with Gasteiger partial charge in [-0.05, 0) is 4.92 Å². The van der Waals surface area contributed by atoms with Gasteiger partial charge in [0, 0.05) is 0 Å². The monoisotopic (exact) mass is 230 g/mol. The second-order valence-electron chi connectivity index (χ2n) is 2.83. The molecule has 0 bridgehead atoms. The maximum atomic E-state index is 11.4. The van der Waals surface area contributed by atoms with Crippen LogP contribution in [0.2, 0.25) is 0 Å². The van der Waals surface area contributed by atoms with E-state index in [1.54, 1.807) is 0 Å². The molecule has 0 atom stereocenters. The lowest BCUT2D eigenvalue weighted by Gasteiger charge is -2.15. The second-order valence-corrected chi connectivity index (χ2v) is 2.83. The van der Waals surface area contributed by atoms with Crippen molar-refractivity contribution in [2.45, 2.75) is 6.54 Å². The molecule has 0 aliphatic rings. The van der Waals surface area contributed by atoms with E-state index in [0.717, 1.165) is 9.47 Å². The molecule has 0 spiro atoms. The molecule has 16 heavy (non-hydrogen) atoms. The van der Waals surface area contributed by atoms with E-state index in [1.807, 2.05) is 0 Å². The van der Waals surface area contributed by atoms with Crippen molar-refractivity contribution in [2.75, 3.05) is 13.5 Å². The minimum atomic E-state index is -0.727. The SMILES string of the molecule is O=C(Cn1ccnc1[N+](=O)[O-])N(CO)CO. The summed E-state index contributed by atoms with van der Waals surface area (Å²) in [5.41, 5.74) is 0. The zero-order chi connectivity index (χ0) is 12.1. The predicted molar refractivity (Wildman–Crippen MR) is 49.9 cm³/mol. The Balaban J connectivity index is 2.76. The Kier molecular flexibility index (Phi) is 3.91. The molecule has 0 aromatic carbocycles. The number of carbonyl (C=O) groups is 1. The summed E-state index contributed by atoms with van der Waals surface area (Å²) in [6, 6.07) is 0. The quantitative estimate of drug-likeness (QED) is 0.361. The van der Waals surface area contributed by atoms with Crippen LogP contribution in [0.3, 0.4) is 0 Å². The van der Waals surface area contributed by atoms with Gasteiger partial charge >= 0.3 is 5.95 Å². The summed E-state index contributed by atoms with van der Waals surface area (Å²) in [7, 11) is 0. The first-order chi connectivity index (χ1) is 7.60. The van der Waals surface area contributed by atoms with Gasteiger partial charge in [-0.2, -0.15) is 0 Å². The zero-order valence-corrected chi connectivity index (χ0v) is 8.18. The Morgan fingerprint density at radius 1 is 1.56 bits per heavy atom. The van der Waals surface area contributed by atoms with Crippen LogP contribution in [0.1, 0.15) is 0 Å². The fraction of sp³-hybridized carbons (Fsp3) is 0.429. The van der Waals surface area contributed by atoms with Crippen molar-refractivity contribution in [1.29, 1.82) is 0 Å². The Hall–Kier alpha value is -2.00. The first-order valence-electron chi connectivity index (χ1n) is 4.25. The van der Waals surface area contributed by atoms with Gasteiger partial charge in [0.2, 0.25) is 0 Å². The number of aliphatic hydroxyl groups is 2. The Morgan fingerprint density at radius 3 is 2.69 bits per heavy atom. The van der Waals surface area contributed by atoms with Gasteiger partial charge in [0.15, 0.2) is 6.54 Å². The third-order valence-electron chi connectivity index (χ3n) is 1.86. The highest BCUT2D eigenvalue weighted by molar-refractivity contribution is 5.75. The lowest BCUT2D eigenvalue weighted by Crippen LogP contribution is -2.35. The van der Waals surface area contributed by atoms with E-state index in [0.29, 0.717) is 0 Å². The smallest absolute Gasteiger partial charge is 0.390 e. The third-order valence-corrected chi connectivity index (χ3v) is 1.86. The van der Waals surface area contributed by atoms with Gasteiger partial charge in [0.25, 0.3) is 5.91 Å². The number of carbonyl (C=O) groups excluding carboxylic acids is 1. The minimum Gasteiger partial charge on any atom is -0.390 e. The summed E-state index contributed by atoms with van der Waals surface area (Å²) in [6.45, 7) is -1.67. The van der Waals surface area contributed by atoms with Crippen molar-refractivity contribution in [3.63, 3.8) is 0 Å². The van der Waals surface area contributed by atoms with Crippen molar-refractivity contribution >= 4 is 11.9 Å². The van der Waals surface area contributed by atoms with E-state index in [1.165, 1.54) is 12.4 Å². The number of imidazole rings is 1. The van der Waals surface area contributed by atoms with E-state index in [2.05, 4.69) is 4.98 Å². The molecule has 0 aliphatic carbocycles. The molecule has 0 fully saturated rings. The van der Waals surface area contributed by atoms with Crippen LogP contribution in [-0.2, 0) is 11.3 Å². The lowest BCUT2D eigenvalue weighted by atomic mass is 10.5. The first kappa shape index (κ1) is 12.1. The maximum absolute atomic E-state index is 11.4. The molecular formula is C7H10N4O5. The predicted octanol–water partition coefficient (Wildman–Crippen LogP) is -1.48. The van der Waals surface area contributed by atoms with Gasteiger partial charge in [-0.25, -0.2) is 4.57 Å². The molecule has 1 aromatic heterocycles. The molecule has 0 aliphatic heterocycles. The summed E-state index contributed by atoms with van der Waals surface area (Å²) >= 11 is 0. The number of amides is 1. The van der Waals surface area contributed by atoms with E-state index in [4.69, 9.17) is 10.2 Å². The van der Waals surface area contributed by atoms with Crippen molar-refractivity contribution < 1.29 is 19.9 Å². The van der Waals surface area contributed by atoms with E-state index < -0.39 is 30.2 Å². The molecule has 1 heterocycles. The molecular weight excluding hydrogens is 220 g/mol. The van der Waals surface area contributed by atoms with E-state index >= 15 is 0 Å². The van der Waals surface area contributed by atoms with Crippen LogP contribution < -0.4 is 0 Å². The second kappa shape index (κ2) is 5.19. The number of aliphatic hydroxyl groups excluding tert-OH is 2. The van der Waals surface area contributed by atoms with Gasteiger partial charge in [0.05, 0.1) is 0 Å². The molecule has 1 rings (SSSR count). The topological polar surface area (TPSA) is 122 Å². The Morgan fingerprint density at radius 2 is 2.19 bits per heavy atom. The first-order valence-corrected chi connectivity index (χ1v) is 4.25. The number of rotatable bonds is 5. The van der Waals surface area contributed by atoms with Crippen LogP contribution >= 0.6 is 0 Å². The highest BCUT2D eigenvalue weighted by atomic mass is 16.6.